The molecular formula is C26H33FN6O3. The lowest BCUT2D eigenvalue weighted by Gasteiger charge is -2.23. The summed E-state index contributed by atoms with van der Waals surface area (Å²) in [6.45, 7) is 5.17. The molecular weight excluding hydrogens is 463 g/mol. The van der Waals surface area contributed by atoms with E-state index in [1.807, 2.05) is 4.57 Å². The first-order chi connectivity index (χ1) is 17.3. The van der Waals surface area contributed by atoms with Gasteiger partial charge in [0.2, 0.25) is 5.91 Å². The molecule has 4 rings (SSSR count). The van der Waals surface area contributed by atoms with Gasteiger partial charge in [0.05, 0.1) is 22.9 Å². The Bertz CT molecular complexity index is 1220. The average molecular weight is 497 g/mol. The number of amides is 2. The van der Waals surface area contributed by atoms with Crippen molar-refractivity contribution in [3.63, 3.8) is 0 Å². The summed E-state index contributed by atoms with van der Waals surface area (Å²) in [4.78, 5) is 32.1. The second kappa shape index (κ2) is 11.2. The van der Waals surface area contributed by atoms with E-state index < -0.39 is 0 Å². The molecule has 0 aliphatic carbocycles. The van der Waals surface area contributed by atoms with Gasteiger partial charge in [-0.1, -0.05) is 12.1 Å². The predicted molar refractivity (Wildman–Crippen MR) is 136 cm³/mol. The number of benzene rings is 2. The number of nitrogens with one attached hydrogen (secondary N) is 3. The van der Waals surface area contributed by atoms with Crippen molar-refractivity contribution < 1.29 is 18.7 Å². The van der Waals surface area contributed by atoms with Crippen molar-refractivity contribution in [3.8, 4) is 0 Å². The van der Waals surface area contributed by atoms with Crippen molar-refractivity contribution in [1.29, 1.82) is 0 Å². The molecule has 2 amide bonds. The van der Waals surface area contributed by atoms with E-state index in [1.54, 1.807) is 42.5 Å². The Balaban J connectivity index is 1.64. The molecule has 3 N–H and O–H groups in total. The predicted octanol–water partition coefficient (Wildman–Crippen LogP) is 2.77. The van der Waals surface area contributed by atoms with Crippen LogP contribution in [0.25, 0.3) is 11.0 Å². The van der Waals surface area contributed by atoms with Gasteiger partial charge in [-0.2, -0.15) is 0 Å². The fourth-order valence-electron chi connectivity index (χ4n) is 4.74. The first-order valence-corrected chi connectivity index (χ1v) is 12.1. The molecule has 1 aliphatic rings. The third kappa shape index (κ3) is 5.72. The fraction of sp³-hybridized carbons (Fsp3) is 0.423. The van der Waals surface area contributed by atoms with E-state index in [2.05, 4.69) is 35.0 Å². The zero-order valence-corrected chi connectivity index (χ0v) is 21.0. The number of methoxy groups -OCH3 is 1. The van der Waals surface area contributed by atoms with E-state index in [4.69, 9.17) is 4.74 Å². The normalized spacial score (nSPS) is 19.5. The second-order valence-electron chi connectivity index (χ2n) is 9.42. The lowest BCUT2D eigenvalue weighted by Crippen LogP contribution is -2.33. The lowest BCUT2D eigenvalue weighted by molar-refractivity contribution is -0.119. The summed E-state index contributed by atoms with van der Waals surface area (Å²) >= 11 is 0. The molecule has 1 aliphatic heterocycles. The second-order valence-corrected chi connectivity index (χ2v) is 9.42. The number of nitrogens with zero attached hydrogens (tertiary/aromatic N) is 3. The van der Waals surface area contributed by atoms with Crippen LogP contribution in [0.4, 0.5) is 10.1 Å². The molecule has 192 valence electrons. The molecule has 1 aromatic heterocycles. The van der Waals surface area contributed by atoms with E-state index in [0.717, 1.165) is 12.0 Å². The molecule has 0 bridgehead atoms. The summed E-state index contributed by atoms with van der Waals surface area (Å²) < 4.78 is 20.2. The van der Waals surface area contributed by atoms with Crippen molar-refractivity contribution in [2.75, 3.05) is 32.6 Å². The number of imidazole rings is 1. The summed E-state index contributed by atoms with van der Waals surface area (Å²) in [5.74, 6) is -0.398. The standard InChI is InChI=1S/C26H33FN6O3/c1-16-21(17(2)31-30-16)9-10-32(3)26(35)22-11-20(29-24(34)14-36-4)12-23-25(22)33(15-28-23)13-18-5-7-19(27)8-6-18/h5-8,11-12,15-17,21,30-31H,9-10,13-14H2,1-4H3,(H,29,34). The summed E-state index contributed by atoms with van der Waals surface area (Å²) in [5, 5.41) is 2.78. The van der Waals surface area contributed by atoms with E-state index in [0.29, 0.717) is 53.4 Å². The van der Waals surface area contributed by atoms with Crippen LogP contribution >= 0.6 is 0 Å². The summed E-state index contributed by atoms with van der Waals surface area (Å²) in [5.41, 5.74) is 9.54. The summed E-state index contributed by atoms with van der Waals surface area (Å²) in [6, 6.07) is 10.3. The zero-order chi connectivity index (χ0) is 25.8. The molecule has 9 nitrogen and oxygen atoms in total. The first kappa shape index (κ1) is 25.7. The molecule has 2 unspecified atom stereocenters. The molecule has 1 fully saturated rings. The molecule has 2 aromatic carbocycles. The van der Waals surface area contributed by atoms with Gasteiger partial charge >= 0.3 is 0 Å². The highest BCUT2D eigenvalue weighted by molar-refractivity contribution is 6.07. The Kier molecular flexibility index (Phi) is 7.97. The Morgan fingerprint density at radius 1 is 1.17 bits per heavy atom. The van der Waals surface area contributed by atoms with Crippen LogP contribution in [0.15, 0.2) is 42.7 Å². The van der Waals surface area contributed by atoms with Crippen LogP contribution < -0.4 is 16.2 Å². The smallest absolute Gasteiger partial charge is 0.255 e. The maximum absolute atomic E-state index is 13.7. The molecule has 2 heterocycles. The van der Waals surface area contributed by atoms with Crippen LogP contribution in [0.1, 0.15) is 36.2 Å². The Morgan fingerprint density at radius 2 is 1.86 bits per heavy atom. The number of hydrazine groups is 1. The molecule has 3 aromatic rings. The molecule has 10 heteroatoms. The minimum atomic E-state index is -0.321. The van der Waals surface area contributed by atoms with Crippen molar-refractivity contribution in [3.05, 3.63) is 59.7 Å². The molecule has 0 radical (unpaired) electrons. The van der Waals surface area contributed by atoms with Crippen molar-refractivity contribution in [2.45, 2.75) is 38.9 Å². The quantitative estimate of drug-likeness (QED) is 0.421. The lowest BCUT2D eigenvalue weighted by atomic mass is 9.93. The van der Waals surface area contributed by atoms with E-state index >= 15 is 0 Å². The minimum absolute atomic E-state index is 0.0972. The third-order valence-corrected chi connectivity index (χ3v) is 6.74. The zero-order valence-electron chi connectivity index (χ0n) is 21.0. The van der Waals surface area contributed by atoms with Gasteiger partial charge in [0.1, 0.15) is 12.4 Å². The number of rotatable bonds is 9. The van der Waals surface area contributed by atoms with Gasteiger partial charge in [-0.3, -0.25) is 20.4 Å². The summed E-state index contributed by atoms with van der Waals surface area (Å²) in [6.07, 6.45) is 2.50. The maximum atomic E-state index is 13.7. The Hall–Kier alpha value is -3.34. The van der Waals surface area contributed by atoms with Gasteiger partial charge in [0.15, 0.2) is 0 Å². The maximum Gasteiger partial charge on any atom is 0.255 e. The highest BCUT2D eigenvalue weighted by Gasteiger charge is 2.30. The first-order valence-electron chi connectivity index (χ1n) is 12.1. The number of anilines is 1. The van der Waals surface area contributed by atoms with E-state index in [1.165, 1.54) is 19.2 Å². The number of aromatic nitrogens is 2. The number of carbonyl (C=O) groups is 2. The van der Waals surface area contributed by atoms with Crippen molar-refractivity contribution in [1.82, 2.24) is 25.3 Å². The number of hydrogen-bond donors (Lipinski definition) is 3. The van der Waals surface area contributed by atoms with E-state index in [-0.39, 0.29) is 24.2 Å². The van der Waals surface area contributed by atoms with Crippen LogP contribution in [0.5, 0.6) is 0 Å². The van der Waals surface area contributed by atoms with Gasteiger partial charge in [-0.05, 0) is 56.0 Å². The van der Waals surface area contributed by atoms with Gasteiger partial charge in [-0.25, -0.2) is 9.37 Å². The molecule has 0 spiro atoms. The number of fused-ring (bicyclic) bond motifs is 1. The van der Waals surface area contributed by atoms with Gasteiger partial charge in [0.25, 0.3) is 5.91 Å². The largest absolute Gasteiger partial charge is 0.375 e. The van der Waals surface area contributed by atoms with Crippen LogP contribution in [0, 0.1) is 11.7 Å². The van der Waals surface area contributed by atoms with E-state index in [9.17, 15) is 14.0 Å². The highest BCUT2D eigenvalue weighted by Crippen LogP contribution is 2.26. The highest BCUT2D eigenvalue weighted by atomic mass is 19.1. The molecule has 0 saturated carbocycles. The fourth-order valence-corrected chi connectivity index (χ4v) is 4.74. The van der Waals surface area contributed by atoms with Crippen LogP contribution in [-0.4, -0.2) is 65.7 Å². The van der Waals surface area contributed by atoms with Crippen LogP contribution in [0.2, 0.25) is 0 Å². The monoisotopic (exact) mass is 496 g/mol. The topological polar surface area (TPSA) is 101 Å². The third-order valence-electron chi connectivity index (χ3n) is 6.74. The van der Waals surface area contributed by atoms with Crippen molar-refractivity contribution in [2.24, 2.45) is 5.92 Å². The number of hydrogen-bond acceptors (Lipinski definition) is 6. The number of carbonyl (C=O) groups excluding carboxylic acids is 2. The van der Waals surface area contributed by atoms with Gasteiger partial charge < -0.3 is 19.5 Å². The summed E-state index contributed by atoms with van der Waals surface area (Å²) in [7, 11) is 3.23. The minimum Gasteiger partial charge on any atom is -0.375 e. The number of ether oxygens (including phenoxy) is 1. The Labute approximate surface area is 210 Å². The molecule has 1 saturated heterocycles. The van der Waals surface area contributed by atoms with Crippen LogP contribution in [0.3, 0.4) is 0 Å². The molecule has 36 heavy (non-hydrogen) atoms. The van der Waals surface area contributed by atoms with Gasteiger partial charge in [-0.15, -0.1) is 0 Å². The number of halogens is 1. The molecule has 2 atom stereocenters. The average Bonchev–Trinajstić information content (AvgIpc) is 3.40. The Morgan fingerprint density at radius 3 is 2.53 bits per heavy atom. The SMILES string of the molecule is COCC(=O)Nc1cc(C(=O)N(C)CCC2C(C)NNC2C)c2c(c1)ncn2Cc1ccc(F)cc1. The van der Waals surface area contributed by atoms with Gasteiger partial charge in [0, 0.05) is 45.0 Å². The van der Waals surface area contributed by atoms with Crippen molar-refractivity contribution >= 4 is 28.5 Å². The van der Waals surface area contributed by atoms with Crippen LogP contribution in [-0.2, 0) is 16.1 Å².